The predicted molar refractivity (Wildman–Crippen MR) is 66.9 cm³/mol. The summed E-state index contributed by atoms with van der Waals surface area (Å²) in [5, 5.41) is 28.6. The van der Waals surface area contributed by atoms with Gasteiger partial charge in [0.2, 0.25) is 0 Å². The standard InChI is InChI=1S/C11H6FIO4/c12-5-2-1-4-3-6(14)8(11(16)17)10(15)7(4)9(5)13/h1-3,14-15H,(H,16,17). The molecule has 0 spiro atoms. The van der Waals surface area contributed by atoms with Crippen molar-refractivity contribution in [1.82, 2.24) is 0 Å². The molecule has 0 unspecified atom stereocenters. The van der Waals surface area contributed by atoms with E-state index in [1.54, 1.807) is 22.6 Å². The molecule has 88 valence electrons. The molecule has 0 radical (unpaired) electrons. The van der Waals surface area contributed by atoms with Crippen LogP contribution < -0.4 is 0 Å². The SMILES string of the molecule is O=C(O)c1c(O)cc2ccc(F)c(I)c2c1O. The number of rotatable bonds is 1. The van der Waals surface area contributed by atoms with E-state index in [1.807, 2.05) is 0 Å². The topological polar surface area (TPSA) is 77.8 Å². The molecule has 6 heteroatoms. The van der Waals surface area contributed by atoms with Gasteiger partial charge in [-0.15, -0.1) is 0 Å². The molecule has 0 aliphatic heterocycles. The number of benzene rings is 2. The van der Waals surface area contributed by atoms with Crippen LogP contribution >= 0.6 is 22.6 Å². The molecule has 0 fully saturated rings. The zero-order chi connectivity index (χ0) is 12.7. The molecule has 0 saturated carbocycles. The van der Waals surface area contributed by atoms with Crippen LogP contribution in [0.15, 0.2) is 18.2 Å². The number of hydrogen-bond donors (Lipinski definition) is 3. The fraction of sp³-hybridized carbons (Fsp3) is 0. The van der Waals surface area contributed by atoms with Gasteiger partial charge in [0, 0.05) is 5.39 Å². The number of aromatic carboxylic acids is 1. The average molecular weight is 348 g/mol. The second-order valence-electron chi connectivity index (χ2n) is 3.38. The number of carbonyl (C=O) groups is 1. The van der Waals surface area contributed by atoms with Crippen LogP contribution in [0.1, 0.15) is 10.4 Å². The molecule has 17 heavy (non-hydrogen) atoms. The molecule has 0 aliphatic rings. The lowest BCUT2D eigenvalue weighted by Crippen LogP contribution is -1.99. The molecule has 0 heterocycles. The Bertz CT molecular complexity index is 639. The summed E-state index contributed by atoms with van der Waals surface area (Å²) in [5.74, 6) is -3.21. The third-order valence-corrected chi connectivity index (χ3v) is 3.42. The van der Waals surface area contributed by atoms with Gasteiger partial charge in [-0.3, -0.25) is 0 Å². The Kier molecular flexibility index (Phi) is 2.82. The molecule has 3 N–H and O–H groups in total. The van der Waals surface area contributed by atoms with Crippen LogP contribution in [0, 0.1) is 9.39 Å². The molecule has 2 rings (SSSR count). The Hall–Kier alpha value is -1.57. The lowest BCUT2D eigenvalue weighted by molar-refractivity contribution is 0.0691. The highest BCUT2D eigenvalue weighted by Crippen LogP contribution is 2.38. The van der Waals surface area contributed by atoms with E-state index in [4.69, 9.17) is 5.11 Å². The van der Waals surface area contributed by atoms with Gasteiger partial charge in [0.25, 0.3) is 0 Å². The van der Waals surface area contributed by atoms with Crippen molar-refractivity contribution >= 4 is 39.3 Å². The number of fused-ring (bicyclic) bond motifs is 1. The molecule has 0 aliphatic carbocycles. The van der Waals surface area contributed by atoms with Crippen LogP contribution in [-0.4, -0.2) is 21.3 Å². The van der Waals surface area contributed by atoms with E-state index in [9.17, 15) is 19.4 Å². The molecule has 2 aromatic rings. The van der Waals surface area contributed by atoms with Gasteiger partial charge in [-0.25, -0.2) is 9.18 Å². The molecule has 2 aromatic carbocycles. The quantitative estimate of drug-likeness (QED) is 0.693. The summed E-state index contributed by atoms with van der Waals surface area (Å²) in [7, 11) is 0. The second kappa shape index (κ2) is 4.02. The monoisotopic (exact) mass is 348 g/mol. The van der Waals surface area contributed by atoms with E-state index in [-0.39, 0.29) is 8.96 Å². The number of phenols is 2. The first-order valence-electron chi connectivity index (χ1n) is 4.49. The van der Waals surface area contributed by atoms with Crippen LogP contribution in [-0.2, 0) is 0 Å². The van der Waals surface area contributed by atoms with Crippen molar-refractivity contribution in [2.75, 3.05) is 0 Å². The Morgan fingerprint density at radius 3 is 2.53 bits per heavy atom. The first-order chi connectivity index (χ1) is 7.93. The van der Waals surface area contributed by atoms with Gasteiger partial charge >= 0.3 is 5.97 Å². The fourth-order valence-electron chi connectivity index (χ4n) is 1.60. The first-order valence-corrected chi connectivity index (χ1v) is 5.57. The van der Waals surface area contributed by atoms with E-state index < -0.39 is 28.8 Å². The highest BCUT2D eigenvalue weighted by Gasteiger charge is 2.21. The molecule has 0 atom stereocenters. The average Bonchev–Trinajstić information content (AvgIpc) is 2.22. The van der Waals surface area contributed by atoms with Crippen molar-refractivity contribution in [2.24, 2.45) is 0 Å². The maximum atomic E-state index is 13.3. The van der Waals surface area contributed by atoms with Gasteiger partial charge in [0.05, 0.1) is 3.57 Å². The van der Waals surface area contributed by atoms with Crippen LogP contribution in [0.25, 0.3) is 10.8 Å². The minimum Gasteiger partial charge on any atom is -0.507 e. The minimum absolute atomic E-state index is 0.0841. The number of hydrogen-bond acceptors (Lipinski definition) is 3. The molecule has 0 amide bonds. The molecule has 0 aromatic heterocycles. The van der Waals surface area contributed by atoms with Gasteiger partial charge in [0.15, 0.2) is 0 Å². The van der Waals surface area contributed by atoms with Gasteiger partial charge in [-0.2, -0.15) is 0 Å². The number of carboxylic acid groups (broad SMARTS) is 1. The van der Waals surface area contributed by atoms with Gasteiger partial charge in [-0.1, -0.05) is 6.07 Å². The molecular weight excluding hydrogens is 342 g/mol. The summed E-state index contributed by atoms with van der Waals surface area (Å²) < 4.78 is 13.4. The largest absolute Gasteiger partial charge is 0.507 e. The summed E-state index contributed by atoms with van der Waals surface area (Å²) in [6, 6.07) is 3.72. The van der Waals surface area contributed by atoms with E-state index in [0.29, 0.717) is 5.39 Å². The third kappa shape index (κ3) is 1.78. The normalized spacial score (nSPS) is 10.7. The van der Waals surface area contributed by atoms with Gasteiger partial charge in [-0.05, 0) is 40.1 Å². The van der Waals surface area contributed by atoms with Crippen molar-refractivity contribution in [3.63, 3.8) is 0 Å². The molecule has 0 saturated heterocycles. The highest BCUT2D eigenvalue weighted by atomic mass is 127. The van der Waals surface area contributed by atoms with Crippen molar-refractivity contribution < 1.29 is 24.5 Å². The van der Waals surface area contributed by atoms with E-state index in [1.165, 1.54) is 18.2 Å². The number of carboxylic acids is 1. The van der Waals surface area contributed by atoms with Crippen molar-refractivity contribution in [3.8, 4) is 11.5 Å². The second-order valence-corrected chi connectivity index (χ2v) is 4.46. The first kappa shape index (κ1) is 11.9. The van der Waals surface area contributed by atoms with Crippen molar-refractivity contribution in [2.45, 2.75) is 0 Å². The third-order valence-electron chi connectivity index (χ3n) is 2.36. The van der Waals surface area contributed by atoms with Crippen LogP contribution in [0.4, 0.5) is 4.39 Å². The van der Waals surface area contributed by atoms with Crippen LogP contribution in [0.2, 0.25) is 0 Å². The summed E-state index contributed by atoms with van der Waals surface area (Å²) in [5.41, 5.74) is -0.624. The maximum absolute atomic E-state index is 13.3. The van der Waals surface area contributed by atoms with E-state index in [0.717, 1.165) is 0 Å². The molecular formula is C11H6FIO4. The zero-order valence-electron chi connectivity index (χ0n) is 8.24. The number of halogens is 2. The minimum atomic E-state index is -1.47. The maximum Gasteiger partial charge on any atom is 0.343 e. The Balaban J connectivity index is 2.99. The predicted octanol–water partition coefficient (Wildman–Crippen LogP) is 2.69. The summed E-state index contributed by atoms with van der Waals surface area (Å²) >= 11 is 1.67. The fourth-order valence-corrected chi connectivity index (χ4v) is 2.35. The summed E-state index contributed by atoms with van der Waals surface area (Å²) in [6.45, 7) is 0. The summed E-state index contributed by atoms with van der Waals surface area (Å²) in [6.07, 6.45) is 0. The van der Waals surface area contributed by atoms with Crippen LogP contribution in [0.3, 0.4) is 0 Å². The van der Waals surface area contributed by atoms with Crippen LogP contribution in [0.5, 0.6) is 11.5 Å². The van der Waals surface area contributed by atoms with Gasteiger partial charge in [0.1, 0.15) is 22.9 Å². The smallest absolute Gasteiger partial charge is 0.343 e. The Morgan fingerprint density at radius 1 is 1.29 bits per heavy atom. The Labute approximate surface area is 108 Å². The Morgan fingerprint density at radius 2 is 1.94 bits per heavy atom. The highest BCUT2D eigenvalue weighted by molar-refractivity contribution is 14.1. The van der Waals surface area contributed by atoms with Crippen molar-refractivity contribution in [1.29, 1.82) is 0 Å². The van der Waals surface area contributed by atoms with Crippen molar-refractivity contribution in [3.05, 3.63) is 33.1 Å². The zero-order valence-corrected chi connectivity index (χ0v) is 10.4. The lowest BCUT2D eigenvalue weighted by Gasteiger charge is -2.09. The molecule has 0 bridgehead atoms. The van der Waals surface area contributed by atoms with Gasteiger partial charge < -0.3 is 15.3 Å². The number of aromatic hydroxyl groups is 2. The van der Waals surface area contributed by atoms with E-state index in [2.05, 4.69) is 0 Å². The lowest BCUT2D eigenvalue weighted by atomic mass is 10.0. The molecule has 4 nitrogen and oxygen atoms in total. The van der Waals surface area contributed by atoms with E-state index >= 15 is 0 Å². The summed E-state index contributed by atoms with van der Waals surface area (Å²) in [4.78, 5) is 10.9.